The second kappa shape index (κ2) is 6.78. The molecule has 0 saturated heterocycles. The molecule has 1 aromatic rings. The molecule has 0 atom stereocenters. The molecule has 4 nitrogen and oxygen atoms in total. The standard InChI is InChI=1S/C13H19NO3/c1-10(2)7-8-14-13(16)9-17-12-5-3-11(15)4-6-12/h3-6,10,15H,7-9H2,1-2H3,(H,14,16). The van der Waals surface area contributed by atoms with Crippen molar-refractivity contribution in [2.75, 3.05) is 13.2 Å². The molecule has 0 radical (unpaired) electrons. The number of nitrogens with one attached hydrogen (secondary N) is 1. The second-order valence-corrected chi connectivity index (χ2v) is 4.32. The Morgan fingerprint density at radius 1 is 1.35 bits per heavy atom. The molecule has 0 saturated carbocycles. The van der Waals surface area contributed by atoms with E-state index in [4.69, 9.17) is 9.84 Å². The van der Waals surface area contributed by atoms with Gasteiger partial charge in [0, 0.05) is 6.54 Å². The van der Waals surface area contributed by atoms with Gasteiger partial charge < -0.3 is 15.2 Å². The highest BCUT2D eigenvalue weighted by molar-refractivity contribution is 5.77. The minimum atomic E-state index is -0.126. The highest BCUT2D eigenvalue weighted by Crippen LogP contribution is 2.15. The fourth-order valence-corrected chi connectivity index (χ4v) is 1.24. The normalized spacial score (nSPS) is 10.3. The average molecular weight is 237 g/mol. The van der Waals surface area contributed by atoms with Crippen LogP contribution in [0, 0.1) is 5.92 Å². The van der Waals surface area contributed by atoms with Gasteiger partial charge in [-0.2, -0.15) is 0 Å². The number of hydrogen-bond acceptors (Lipinski definition) is 3. The smallest absolute Gasteiger partial charge is 0.257 e. The number of amides is 1. The molecule has 1 aromatic carbocycles. The first-order chi connectivity index (χ1) is 8.08. The number of rotatable bonds is 6. The molecule has 1 amide bonds. The lowest BCUT2D eigenvalue weighted by Gasteiger charge is -2.08. The van der Waals surface area contributed by atoms with Gasteiger partial charge in [-0.3, -0.25) is 4.79 Å². The fraction of sp³-hybridized carbons (Fsp3) is 0.462. The fourth-order valence-electron chi connectivity index (χ4n) is 1.24. The van der Waals surface area contributed by atoms with Crippen LogP contribution in [0.3, 0.4) is 0 Å². The van der Waals surface area contributed by atoms with Gasteiger partial charge in [-0.25, -0.2) is 0 Å². The van der Waals surface area contributed by atoms with E-state index >= 15 is 0 Å². The number of phenolic OH excluding ortho intramolecular Hbond substituents is 1. The molecular weight excluding hydrogens is 218 g/mol. The van der Waals surface area contributed by atoms with Crippen LogP contribution in [-0.2, 0) is 4.79 Å². The first-order valence-corrected chi connectivity index (χ1v) is 5.76. The molecule has 2 N–H and O–H groups in total. The molecule has 0 aliphatic carbocycles. The summed E-state index contributed by atoms with van der Waals surface area (Å²) < 4.78 is 5.26. The van der Waals surface area contributed by atoms with E-state index in [9.17, 15) is 4.79 Å². The van der Waals surface area contributed by atoms with Crippen LogP contribution in [-0.4, -0.2) is 24.2 Å². The van der Waals surface area contributed by atoms with Gasteiger partial charge in [0.05, 0.1) is 0 Å². The first-order valence-electron chi connectivity index (χ1n) is 5.76. The van der Waals surface area contributed by atoms with Crippen LogP contribution in [0.4, 0.5) is 0 Å². The summed E-state index contributed by atoms with van der Waals surface area (Å²) in [4.78, 5) is 11.4. The van der Waals surface area contributed by atoms with Crippen molar-refractivity contribution in [1.82, 2.24) is 5.32 Å². The zero-order chi connectivity index (χ0) is 12.7. The summed E-state index contributed by atoms with van der Waals surface area (Å²) in [5.74, 6) is 1.20. The zero-order valence-corrected chi connectivity index (χ0v) is 10.3. The number of phenols is 1. The highest BCUT2D eigenvalue weighted by Gasteiger charge is 2.02. The predicted octanol–water partition coefficient (Wildman–Crippen LogP) is 1.93. The summed E-state index contributed by atoms with van der Waals surface area (Å²) >= 11 is 0. The number of carbonyl (C=O) groups is 1. The van der Waals surface area contributed by atoms with Crippen LogP contribution in [0.5, 0.6) is 11.5 Å². The lowest BCUT2D eigenvalue weighted by atomic mass is 10.1. The Bertz CT molecular complexity index is 346. The van der Waals surface area contributed by atoms with Gasteiger partial charge in [-0.15, -0.1) is 0 Å². The molecule has 4 heteroatoms. The number of hydrogen-bond donors (Lipinski definition) is 2. The molecule has 0 unspecified atom stereocenters. The van der Waals surface area contributed by atoms with Gasteiger partial charge in [0.1, 0.15) is 11.5 Å². The van der Waals surface area contributed by atoms with Crippen LogP contribution in [0.25, 0.3) is 0 Å². The van der Waals surface area contributed by atoms with E-state index in [0.717, 1.165) is 6.42 Å². The number of benzene rings is 1. The van der Waals surface area contributed by atoms with E-state index in [0.29, 0.717) is 18.2 Å². The van der Waals surface area contributed by atoms with E-state index in [2.05, 4.69) is 19.2 Å². The first kappa shape index (κ1) is 13.4. The lowest BCUT2D eigenvalue weighted by Crippen LogP contribution is -2.30. The van der Waals surface area contributed by atoms with Crippen molar-refractivity contribution < 1.29 is 14.6 Å². The Balaban J connectivity index is 2.21. The minimum absolute atomic E-state index is 0.00285. The zero-order valence-electron chi connectivity index (χ0n) is 10.3. The Kier molecular flexibility index (Phi) is 5.33. The Morgan fingerprint density at radius 3 is 2.59 bits per heavy atom. The maximum absolute atomic E-state index is 11.4. The summed E-state index contributed by atoms with van der Waals surface area (Å²) in [6, 6.07) is 6.28. The van der Waals surface area contributed by atoms with E-state index in [1.165, 1.54) is 12.1 Å². The molecule has 17 heavy (non-hydrogen) atoms. The van der Waals surface area contributed by atoms with Gasteiger partial charge in [0.25, 0.3) is 5.91 Å². The summed E-state index contributed by atoms with van der Waals surface area (Å²) in [6.07, 6.45) is 0.963. The third-order valence-corrected chi connectivity index (χ3v) is 2.25. The van der Waals surface area contributed by atoms with Crippen LogP contribution in [0.15, 0.2) is 24.3 Å². The van der Waals surface area contributed by atoms with Crippen molar-refractivity contribution in [3.63, 3.8) is 0 Å². The summed E-state index contributed by atoms with van der Waals surface area (Å²) in [5.41, 5.74) is 0. The Labute approximate surface area is 102 Å². The largest absolute Gasteiger partial charge is 0.508 e. The van der Waals surface area contributed by atoms with Crippen molar-refractivity contribution in [1.29, 1.82) is 0 Å². The molecule has 0 spiro atoms. The molecule has 0 aliphatic heterocycles. The quantitative estimate of drug-likeness (QED) is 0.794. The third-order valence-electron chi connectivity index (χ3n) is 2.25. The van der Waals surface area contributed by atoms with Crippen LogP contribution < -0.4 is 10.1 Å². The topological polar surface area (TPSA) is 58.6 Å². The van der Waals surface area contributed by atoms with Crippen molar-refractivity contribution in [2.45, 2.75) is 20.3 Å². The van der Waals surface area contributed by atoms with Gasteiger partial charge in [0.15, 0.2) is 6.61 Å². The maximum Gasteiger partial charge on any atom is 0.257 e. The average Bonchev–Trinajstić information content (AvgIpc) is 2.28. The second-order valence-electron chi connectivity index (χ2n) is 4.32. The predicted molar refractivity (Wildman–Crippen MR) is 66.1 cm³/mol. The van der Waals surface area contributed by atoms with Crippen LogP contribution in [0.2, 0.25) is 0 Å². The molecule has 0 fully saturated rings. The Hall–Kier alpha value is -1.71. The van der Waals surface area contributed by atoms with Crippen molar-refractivity contribution in [3.05, 3.63) is 24.3 Å². The molecule has 0 aromatic heterocycles. The highest BCUT2D eigenvalue weighted by atomic mass is 16.5. The van der Waals surface area contributed by atoms with E-state index in [-0.39, 0.29) is 18.3 Å². The molecule has 0 heterocycles. The van der Waals surface area contributed by atoms with Crippen molar-refractivity contribution in [3.8, 4) is 11.5 Å². The molecule has 0 bridgehead atoms. The third kappa shape index (κ3) is 5.80. The van der Waals surface area contributed by atoms with Crippen molar-refractivity contribution in [2.24, 2.45) is 5.92 Å². The van der Waals surface area contributed by atoms with Crippen molar-refractivity contribution >= 4 is 5.91 Å². The van der Waals surface area contributed by atoms with E-state index in [1.54, 1.807) is 12.1 Å². The maximum atomic E-state index is 11.4. The summed E-state index contributed by atoms with van der Waals surface area (Å²) in [7, 11) is 0. The lowest BCUT2D eigenvalue weighted by molar-refractivity contribution is -0.123. The number of ether oxygens (including phenoxy) is 1. The monoisotopic (exact) mass is 237 g/mol. The minimum Gasteiger partial charge on any atom is -0.508 e. The Morgan fingerprint density at radius 2 is 2.00 bits per heavy atom. The van der Waals surface area contributed by atoms with Gasteiger partial charge in [-0.05, 0) is 36.6 Å². The summed E-state index contributed by atoms with van der Waals surface area (Å²) in [6.45, 7) is 4.90. The molecule has 94 valence electrons. The number of aromatic hydroxyl groups is 1. The van der Waals surface area contributed by atoms with E-state index in [1.807, 2.05) is 0 Å². The van der Waals surface area contributed by atoms with E-state index < -0.39 is 0 Å². The molecule has 0 aliphatic rings. The SMILES string of the molecule is CC(C)CCNC(=O)COc1ccc(O)cc1. The van der Waals surface area contributed by atoms with Crippen LogP contribution in [0.1, 0.15) is 20.3 Å². The molecular formula is C13H19NO3. The van der Waals surface area contributed by atoms with Gasteiger partial charge >= 0.3 is 0 Å². The molecule has 1 rings (SSSR count). The number of carbonyl (C=O) groups excluding carboxylic acids is 1. The summed E-state index contributed by atoms with van der Waals surface area (Å²) in [5, 5.41) is 11.8. The van der Waals surface area contributed by atoms with Gasteiger partial charge in [-0.1, -0.05) is 13.8 Å². The van der Waals surface area contributed by atoms with Gasteiger partial charge in [0.2, 0.25) is 0 Å². The van der Waals surface area contributed by atoms with Crippen LogP contribution >= 0.6 is 0 Å².